The number of hydrogen-bond acceptors (Lipinski definition) is 4. The van der Waals surface area contributed by atoms with Crippen molar-refractivity contribution in [1.82, 2.24) is 5.32 Å². The van der Waals surface area contributed by atoms with Crippen LogP contribution in [0.25, 0.3) is 6.08 Å². The average Bonchev–Trinajstić information content (AvgIpc) is 3.07. The van der Waals surface area contributed by atoms with Crippen LogP contribution in [0.3, 0.4) is 0 Å². The fourth-order valence-corrected chi connectivity index (χ4v) is 5.77. The lowest BCUT2D eigenvalue weighted by atomic mass is 10.1. The maximum absolute atomic E-state index is 14.5. The fourth-order valence-electron chi connectivity index (χ4n) is 4.74. The van der Waals surface area contributed by atoms with Gasteiger partial charge in [-0.1, -0.05) is 84.9 Å². The number of thioether (sulfide) groups is 1. The van der Waals surface area contributed by atoms with E-state index < -0.39 is 22.9 Å². The second-order valence-electron chi connectivity index (χ2n) is 10.5. The first-order valence-electron chi connectivity index (χ1n) is 14.6. The molecule has 0 heterocycles. The second-order valence-corrected chi connectivity index (χ2v) is 11.7. The molecule has 6 nitrogen and oxygen atoms in total. The number of carbonyl (C=O) groups is 3. The zero-order chi connectivity index (χ0) is 32.5. The van der Waals surface area contributed by atoms with E-state index in [0.29, 0.717) is 11.3 Å². The zero-order valence-electron chi connectivity index (χ0n) is 25.3. The van der Waals surface area contributed by atoms with Crippen molar-refractivity contribution in [1.29, 1.82) is 0 Å². The molecule has 1 unspecified atom stereocenters. The van der Waals surface area contributed by atoms with Crippen LogP contribution in [0, 0.1) is 19.7 Å². The summed E-state index contributed by atoms with van der Waals surface area (Å²) < 4.78 is 14.5. The molecule has 0 fully saturated rings. The van der Waals surface area contributed by atoms with E-state index in [-0.39, 0.29) is 17.2 Å². The van der Waals surface area contributed by atoms with E-state index in [1.165, 1.54) is 30.0 Å². The molecular formula is C38H32FN3O3S. The van der Waals surface area contributed by atoms with Crippen molar-refractivity contribution in [2.24, 2.45) is 0 Å². The maximum Gasteiger partial charge on any atom is 0.272 e. The molecule has 0 aromatic heterocycles. The van der Waals surface area contributed by atoms with Gasteiger partial charge in [0.05, 0.1) is 0 Å². The van der Waals surface area contributed by atoms with Crippen LogP contribution in [-0.4, -0.2) is 17.7 Å². The van der Waals surface area contributed by atoms with Crippen molar-refractivity contribution in [3.05, 3.63) is 167 Å². The van der Waals surface area contributed by atoms with Crippen LogP contribution in [0.5, 0.6) is 0 Å². The molecule has 3 N–H and O–H groups in total. The van der Waals surface area contributed by atoms with Gasteiger partial charge in [-0.05, 0) is 79.1 Å². The van der Waals surface area contributed by atoms with Gasteiger partial charge in [0.1, 0.15) is 16.8 Å². The number of benzene rings is 5. The van der Waals surface area contributed by atoms with Crippen LogP contribution in [-0.2, 0) is 9.59 Å². The molecule has 5 rings (SSSR count). The highest BCUT2D eigenvalue weighted by Crippen LogP contribution is 2.37. The van der Waals surface area contributed by atoms with E-state index >= 15 is 0 Å². The summed E-state index contributed by atoms with van der Waals surface area (Å²) in [5.74, 6) is -1.81. The minimum atomic E-state index is -0.622. The largest absolute Gasteiger partial charge is 0.324 e. The molecule has 230 valence electrons. The van der Waals surface area contributed by atoms with E-state index in [4.69, 9.17) is 0 Å². The van der Waals surface area contributed by atoms with Gasteiger partial charge in [0.15, 0.2) is 0 Å². The van der Waals surface area contributed by atoms with Gasteiger partial charge in [0, 0.05) is 27.4 Å². The fraction of sp³-hybridized carbons (Fsp3) is 0.0789. The number of anilines is 2. The Morgan fingerprint density at radius 3 is 1.96 bits per heavy atom. The van der Waals surface area contributed by atoms with Gasteiger partial charge >= 0.3 is 0 Å². The molecule has 3 amide bonds. The number of rotatable bonds is 10. The van der Waals surface area contributed by atoms with Gasteiger partial charge in [-0.15, -0.1) is 11.8 Å². The molecule has 0 saturated heterocycles. The van der Waals surface area contributed by atoms with E-state index in [9.17, 15) is 18.8 Å². The van der Waals surface area contributed by atoms with E-state index in [1.54, 1.807) is 54.6 Å². The van der Waals surface area contributed by atoms with Crippen molar-refractivity contribution in [2.75, 3.05) is 10.6 Å². The second kappa shape index (κ2) is 15.0. The SMILES string of the molecule is Cc1cccc(C)c1NC(=O)C(Sc1ccc(NC(=O)/C(=C/c2ccccc2F)NC(=O)c2ccccc2)cc1)c1ccccc1. The molecule has 5 aromatic rings. The maximum atomic E-state index is 14.5. The van der Waals surface area contributed by atoms with Gasteiger partial charge in [0.2, 0.25) is 5.91 Å². The Morgan fingerprint density at radius 1 is 0.696 bits per heavy atom. The molecule has 0 aliphatic carbocycles. The molecule has 5 aromatic carbocycles. The topological polar surface area (TPSA) is 87.3 Å². The molecule has 0 aliphatic rings. The van der Waals surface area contributed by atoms with E-state index in [1.807, 2.05) is 74.5 Å². The molecular weight excluding hydrogens is 598 g/mol. The molecule has 0 radical (unpaired) electrons. The number of amides is 3. The predicted molar refractivity (Wildman–Crippen MR) is 183 cm³/mol. The van der Waals surface area contributed by atoms with Crippen molar-refractivity contribution < 1.29 is 18.8 Å². The van der Waals surface area contributed by atoms with Crippen molar-refractivity contribution in [3.8, 4) is 0 Å². The lowest BCUT2D eigenvalue weighted by Crippen LogP contribution is -2.30. The number of halogens is 1. The van der Waals surface area contributed by atoms with Crippen molar-refractivity contribution >= 4 is 46.9 Å². The minimum Gasteiger partial charge on any atom is -0.324 e. The Balaban J connectivity index is 1.34. The first-order chi connectivity index (χ1) is 22.3. The van der Waals surface area contributed by atoms with Gasteiger partial charge in [0.25, 0.3) is 11.8 Å². The first kappa shape index (κ1) is 31.9. The number of nitrogens with one attached hydrogen (secondary N) is 3. The third-order valence-corrected chi connectivity index (χ3v) is 8.44. The summed E-state index contributed by atoms with van der Waals surface area (Å²) in [5, 5.41) is 7.98. The average molecular weight is 630 g/mol. The summed E-state index contributed by atoms with van der Waals surface area (Å²) in [7, 11) is 0. The standard InChI is InChI=1S/C38H32FN3O3S/c1-25-12-11-13-26(2)34(25)42-38(45)35(27-14-5-3-6-15-27)46-31-22-20-30(21-23-31)40-37(44)33(24-29-18-9-10-19-32(29)39)41-36(43)28-16-7-4-8-17-28/h3-24,35H,1-2H3,(H,40,44)(H,41,43)(H,42,45)/b33-24-. The smallest absolute Gasteiger partial charge is 0.272 e. The summed E-state index contributed by atoms with van der Waals surface area (Å²) in [6.45, 7) is 3.93. The molecule has 1 atom stereocenters. The Morgan fingerprint density at radius 2 is 1.30 bits per heavy atom. The molecule has 0 saturated carbocycles. The third kappa shape index (κ3) is 8.16. The quantitative estimate of drug-likeness (QED) is 0.107. The normalized spacial score (nSPS) is 11.8. The van der Waals surface area contributed by atoms with Gasteiger partial charge in [-0.2, -0.15) is 0 Å². The van der Waals surface area contributed by atoms with Crippen LogP contribution >= 0.6 is 11.8 Å². The van der Waals surface area contributed by atoms with E-state index in [2.05, 4.69) is 16.0 Å². The number of para-hydroxylation sites is 1. The monoisotopic (exact) mass is 629 g/mol. The highest BCUT2D eigenvalue weighted by Gasteiger charge is 2.23. The summed E-state index contributed by atoms with van der Waals surface area (Å²) in [5.41, 5.74) is 4.45. The van der Waals surface area contributed by atoms with Crippen molar-refractivity contribution in [2.45, 2.75) is 24.0 Å². The Labute approximate surface area is 271 Å². The molecule has 0 aliphatic heterocycles. The van der Waals surface area contributed by atoms with Gasteiger partial charge in [-0.3, -0.25) is 14.4 Å². The highest BCUT2D eigenvalue weighted by molar-refractivity contribution is 8.00. The van der Waals surface area contributed by atoms with Crippen LogP contribution in [0.15, 0.2) is 138 Å². The highest BCUT2D eigenvalue weighted by atomic mass is 32.2. The van der Waals surface area contributed by atoms with Gasteiger partial charge in [-0.25, -0.2) is 4.39 Å². The lowest BCUT2D eigenvalue weighted by Gasteiger charge is -2.19. The van der Waals surface area contributed by atoms with Crippen LogP contribution < -0.4 is 16.0 Å². The third-order valence-electron chi connectivity index (χ3n) is 7.17. The minimum absolute atomic E-state index is 0.121. The predicted octanol–water partition coefficient (Wildman–Crippen LogP) is 8.32. The number of carbonyl (C=O) groups excluding carboxylic acids is 3. The summed E-state index contributed by atoms with van der Waals surface area (Å²) in [6, 6.07) is 36.9. The van der Waals surface area contributed by atoms with Crippen molar-refractivity contribution in [3.63, 3.8) is 0 Å². The summed E-state index contributed by atoms with van der Waals surface area (Å²) >= 11 is 1.39. The molecule has 0 spiro atoms. The Kier molecular flexibility index (Phi) is 10.4. The lowest BCUT2D eigenvalue weighted by molar-refractivity contribution is -0.116. The number of hydrogen-bond donors (Lipinski definition) is 3. The van der Waals surface area contributed by atoms with E-state index in [0.717, 1.165) is 27.3 Å². The summed E-state index contributed by atoms with van der Waals surface area (Å²) in [4.78, 5) is 40.7. The van der Waals surface area contributed by atoms with Crippen LogP contribution in [0.2, 0.25) is 0 Å². The zero-order valence-corrected chi connectivity index (χ0v) is 26.1. The van der Waals surface area contributed by atoms with Crippen LogP contribution in [0.4, 0.5) is 15.8 Å². The molecule has 46 heavy (non-hydrogen) atoms. The van der Waals surface area contributed by atoms with Gasteiger partial charge < -0.3 is 16.0 Å². The Bertz CT molecular complexity index is 1860. The van der Waals surface area contributed by atoms with Crippen LogP contribution in [0.1, 0.15) is 37.9 Å². The summed E-state index contributed by atoms with van der Waals surface area (Å²) in [6.07, 6.45) is 1.30. The Hall–Kier alpha value is -5.47. The molecule has 0 bridgehead atoms. The molecule has 8 heteroatoms. The number of aryl methyl sites for hydroxylation is 2. The first-order valence-corrected chi connectivity index (χ1v) is 15.5.